The van der Waals surface area contributed by atoms with Crippen molar-refractivity contribution in [1.82, 2.24) is 9.88 Å². The minimum Gasteiger partial charge on any atom is -0.466 e. The minimum absolute atomic E-state index is 0.0731. The predicted octanol–water partition coefficient (Wildman–Crippen LogP) is 3.12. The lowest BCUT2D eigenvalue weighted by molar-refractivity contribution is -0.145. The van der Waals surface area contributed by atoms with E-state index in [9.17, 15) is 9.59 Å². The van der Waals surface area contributed by atoms with E-state index in [1.54, 1.807) is 24.0 Å². The van der Waals surface area contributed by atoms with Gasteiger partial charge in [0.25, 0.3) is 0 Å². The maximum atomic E-state index is 12.4. The third-order valence-electron chi connectivity index (χ3n) is 4.42. The van der Waals surface area contributed by atoms with E-state index in [1.807, 2.05) is 25.1 Å². The molecule has 1 aromatic carbocycles. The number of aromatic amines is 1. The van der Waals surface area contributed by atoms with Crippen LogP contribution in [0.2, 0.25) is 0 Å². The van der Waals surface area contributed by atoms with Crippen molar-refractivity contribution in [2.24, 2.45) is 0 Å². The summed E-state index contributed by atoms with van der Waals surface area (Å²) < 4.78 is 5.11. The Kier molecular flexibility index (Phi) is 4.69. The van der Waals surface area contributed by atoms with Gasteiger partial charge in [0.15, 0.2) is 0 Å². The first kappa shape index (κ1) is 16.3. The van der Waals surface area contributed by atoms with Gasteiger partial charge in [-0.2, -0.15) is 0 Å². The maximum Gasteiger partial charge on any atom is 0.308 e. The quantitative estimate of drug-likeness (QED) is 0.693. The summed E-state index contributed by atoms with van der Waals surface area (Å²) >= 11 is 0. The first-order valence-corrected chi connectivity index (χ1v) is 8.34. The van der Waals surface area contributed by atoms with Gasteiger partial charge in [-0.15, -0.1) is 0 Å². The van der Waals surface area contributed by atoms with Crippen molar-refractivity contribution in [2.75, 3.05) is 13.2 Å². The van der Waals surface area contributed by atoms with Crippen LogP contribution >= 0.6 is 0 Å². The fourth-order valence-electron chi connectivity index (χ4n) is 3.41. The molecule has 1 unspecified atom stereocenters. The van der Waals surface area contributed by atoms with Crippen molar-refractivity contribution < 1.29 is 14.3 Å². The predicted molar refractivity (Wildman–Crippen MR) is 92.5 cm³/mol. The monoisotopic (exact) mass is 326 g/mol. The zero-order chi connectivity index (χ0) is 17.1. The Morgan fingerprint density at radius 1 is 1.38 bits per heavy atom. The molecule has 0 spiro atoms. The molecule has 0 radical (unpaired) electrons. The number of nitrogens with zero attached hydrogens (tertiary/aromatic N) is 1. The molecule has 3 rings (SSSR count). The Balaban J connectivity index is 2.02. The zero-order valence-electron chi connectivity index (χ0n) is 14.0. The van der Waals surface area contributed by atoms with Gasteiger partial charge in [-0.1, -0.05) is 24.3 Å². The number of nitrogens with one attached hydrogen (secondary N) is 1. The van der Waals surface area contributed by atoms with E-state index in [0.29, 0.717) is 13.2 Å². The van der Waals surface area contributed by atoms with Crippen LogP contribution in [-0.2, 0) is 20.7 Å². The molecule has 1 amide bonds. The van der Waals surface area contributed by atoms with E-state index in [2.05, 4.69) is 11.1 Å². The van der Waals surface area contributed by atoms with Crippen molar-refractivity contribution >= 4 is 22.8 Å². The van der Waals surface area contributed by atoms with E-state index in [-0.39, 0.29) is 24.3 Å². The number of rotatable bonds is 4. The summed E-state index contributed by atoms with van der Waals surface area (Å²) in [6, 6.07) is 7.77. The van der Waals surface area contributed by atoms with Gasteiger partial charge in [0, 0.05) is 23.1 Å². The van der Waals surface area contributed by atoms with Crippen LogP contribution in [0.4, 0.5) is 0 Å². The Morgan fingerprint density at radius 3 is 2.92 bits per heavy atom. The summed E-state index contributed by atoms with van der Waals surface area (Å²) in [7, 11) is 0. The molecule has 0 bridgehead atoms. The number of ether oxygens (including phenoxy) is 1. The highest BCUT2D eigenvalue weighted by atomic mass is 16.5. The average Bonchev–Trinajstić information content (AvgIpc) is 2.95. The largest absolute Gasteiger partial charge is 0.466 e. The summed E-state index contributed by atoms with van der Waals surface area (Å²) in [6.07, 6.45) is 4.22. The van der Waals surface area contributed by atoms with Crippen molar-refractivity contribution in [3.8, 4) is 0 Å². The number of carbonyl (C=O) groups excluding carboxylic acids is 2. The lowest BCUT2D eigenvalue weighted by Gasteiger charge is -2.34. The number of H-pyrrole nitrogens is 1. The summed E-state index contributed by atoms with van der Waals surface area (Å²) in [5.41, 5.74) is 3.19. The van der Waals surface area contributed by atoms with Crippen molar-refractivity contribution in [3.63, 3.8) is 0 Å². The van der Waals surface area contributed by atoms with E-state index in [1.165, 1.54) is 10.9 Å². The number of allylic oxidation sites excluding steroid dienone is 1. The van der Waals surface area contributed by atoms with Gasteiger partial charge in [-0.25, -0.2) is 0 Å². The summed E-state index contributed by atoms with van der Waals surface area (Å²) in [5.74, 6) is -0.358. The maximum absolute atomic E-state index is 12.4. The molecule has 0 fully saturated rings. The number of esters is 1. The number of amides is 1. The summed E-state index contributed by atoms with van der Waals surface area (Å²) in [5, 5.41) is 1.17. The van der Waals surface area contributed by atoms with Crippen molar-refractivity contribution in [2.45, 2.75) is 32.7 Å². The topological polar surface area (TPSA) is 62.4 Å². The summed E-state index contributed by atoms with van der Waals surface area (Å²) in [4.78, 5) is 29.7. The molecule has 5 nitrogen and oxygen atoms in total. The second-order valence-electron chi connectivity index (χ2n) is 5.87. The normalized spacial score (nSPS) is 17.2. The zero-order valence-corrected chi connectivity index (χ0v) is 14.0. The number of benzene rings is 1. The Hall–Kier alpha value is -2.56. The molecule has 2 aromatic rings. The van der Waals surface area contributed by atoms with E-state index in [4.69, 9.17) is 4.74 Å². The first-order valence-electron chi connectivity index (χ1n) is 8.34. The lowest BCUT2D eigenvalue weighted by Crippen LogP contribution is -2.40. The van der Waals surface area contributed by atoms with Gasteiger partial charge in [-0.05, 0) is 38.0 Å². The van der Waals surface area contributed by atoms with E-state index in [0.717, 1.165) is 17.6 Å². The first-order chi connectivity index (χ1) is 11.7. The Bertz CT molecular complexity index is 791. The molecule has 0 saturated carbocycles. The highest BCUT2D eigenvalue weighted by Crippen LogP contribution is 2.36. The molecule has 1 N–H and O–H groups in total. The SMILES string of the molecule is C/C=C/C(=O)N1CCc2c([nH]c3ccccc23)C1CC(=O)OCC. The number of fused-ring (bicyclic) bond motifs is 3. The molecular formula is C19H22N2O3. The Labute approximate surface area is 141 Å². The van der Waals surface area contributed by atoms with E-state index < -0.39 is 0 Å². The van der Waals surface area contributed by atoms with Crippen molar-refractivity contribution in [3.05, 3.63) is 47.7 Å². The molecule has 24 heavy (non-hydrogen) atoms. The molecule has 2 heterocycles. The fourth-order valence-corrected chi connectivity index (χ4v) is 3.41. The highest BCUT2D eigenvalue weighted by Gasteiger charge is 2.34. The van der Waals surface area contributed by atoms with Gasteiger partial charge < -0.3 is 14.6 Å². The van der Waals surface area contributed by atoms with Crippen LogP contribution in [0.1, 0.15) is 37.6 Å². The lowest BCUT2D eigenvalue weighted by atomic mass is 9.95. The van der Waals surface area contributed by atoms with Crippen LogP contribution in [0, 0.1) is 0 Å². The summed E-state index contributed by atoms with van der Waals surface area (Å²) in [6.45, 7) is 4.54. The van der Waals surface area contributed by atoms with Gasteiger partial charge in [0.05, 0.1) is 19.1 Å². The Morgan fingerprint density at radius 2 is 2.17 bits per heavy atom. The molecule has 126 valence electrons. The van der Waals surface area contributed by atoms with Gasteiger partial charge in [-0.3, -0.25) is 9.59 Å². The molecule has 1 atom stereocenters. The molecule has 1 aliphatic rings. The smallest absolute Gasteiger partial charge is 0.308 e. The fraction of sp³-hybridized carbons (Fsp3) is 0.368. The van der Waals surface area contributed by atoms with Crippen LogP contribution in [0.25, 0.3) is 10.9 Å². The van der Waals surface area contributed by atoms with Crippen LogP contribution < -0.4 is 0 Å². The standard InChI is InChI=1S/C19H22N2O3/c1-3-7-17(22)21-11-10-14-13-8-5-6-9-15(13)20-19(14)16(21)12-18(23)24-4-2/h3,5-9,16,20H,4,10-12H2,1-2H3/b7-3+. The van der Waals surface area contributed by atoms with Crippen LogP contribution in [0.3, 0.4) is 0 Å². The van der Waals surface area contributed by atoms with Gasteiger partial charge in [0.1, 0.15) is 0 Å². The second kappa shape index (κ2) is 6.91. The van der Waals surface area contributed by atoms with Crippen LogP contribution in [-0.4, -0.2) is 34.9 Å². The number of hydrogen-bond acceptors (Lipinski definition) is 3. The number of carbonyl (C=O) groups is 2. The van der Waals surface area contributed by atoms with E-state index >= 15 is 0 Å². The molecular weight excluding hydrogens is 304 g/mol. The molecule has 0 aliphatic carbocycles. The number of aromatic nitrogens is 1. The van der Waals surface area contributed by atoms with Crippen LogP contribution in [0.5, 0.6) is 0 Å². The molecule has 1 aromatic heterocycles. The van der Waals surface area contributed by atoms with Crippen LogP contribution in [0.15, 0.2) is 36.4 Å². The van der Waals surface area contributed by atoms with Gasteiger partial charge in [0.2, 0.25) is 5.91 Å². The number of hydrogen-bond donors (Lipinski definition) is 1. The molecule has 1 aliphatic heterocycles. The third-order valence-corrected chi connectivity index (χ3v) is 4.42. The number of para-hydroxylation sites is 1. The molecule has 0 saturated heterocycles. The second-order valence-corrected chi connectivity index (χ2v) is 5.87. The molecule has 5 heteroatoms. The average molecular weight is 326 g/mol. The minimum atomic E-state index is -0.316. The van der Waals surface area contributed by atoms with Crippen molar-refractivity contribution in [1.29, 1.82) is 0 Å². The highest BCUT2D eigenvalue weighted by molar-refractivity contribution is 5.90. The third kappa shape index (κ3) is 2.94. The van der Waals surface area contributed by atoms with Gasteiger partial charge >= 0.3 is 5.97 Å².